The molecule has 0 radical (unpaired) electrons. The highest BCUT2D eigenvalue weighted by Gasteiger charge is 2.34. The van der Waals surface area contributed by atoms with Crippen LogP contribution in [-0.2, 0) is 6.42 Å². The van der Waals surface area contributed by atoms with E-state index in [0.717, 1.165) is 11.0 Å². The van der Waals surface area contributed by atoms with E-state index in [1.807, 2.05) is 0 Å². The Morgan fingerprint density at radius 3 is 2.33 bits per heavy atom. The van der Waals surface area contributed by atoms with Crippen molar-refractivity contribution in [1.29, 1.82) is 0 Å². The molecule has 1 fully saturated rings. The van der Waals surface area contributed by atoms with Crippen molar-refractivity contribution >= 4 is 15.9 Å². The molecule has 1 aromatic carbocycles. The van der Waals surface area contributed by atoms with Crippen molar-refractivity contribution in [2.45, 2.75) is 32.1 Å². The average Bonchev–Trinajstić information content (AvgIpc) is 2.20. The van der Waals surface area contributed by atoms with Gasteiger partial charge < -0.3 is 5.73 Å². The number of nitrogens with two attached hydrogens (primary N) is 1. The van der Waals surface area contributed by atoms with Gasteiger partial charge in [0, 0.05) is 4.47 Å². The third-order valence-corrected chi connectivity index (χ3v) is 4.23. The predicted octanol–water partition coefficient (Wildman–Crippen LogP) is 3.51. The molecule has 82 valence electrons. The molecule has 2 heteroatoms. The molecule has 1 nitrogen and oxygen atoms in total. The normalized spacial score (nSPS) is 18.5. The van der Waals surface area contributed by atoms with Crippen LogP contribution in [0.25, 0.3) is 0 Å². The zero-order chi connectivity index (χ0) is 10.7. The summed E-state index contributed by atoms with van der Waals surface area (Å²) in [5, 5.41) is 0. The first kappa shape index (κ1) is 11.2. The lowest BCUT2D eigenvalue weighted by Crippen LogP contribution is -2.37. The smallest absolute Gasteiger partial charge is 0.0175 e. The molecule has 15 heavy (non-hydrogen) atoms. The van der Waals surface area contributed by atoms with Crippen molar-refractivity contribution in [2.24, 2.45) is 11.1 Å². The Balaban J connectivity index is 1.90. The van der Waals surface area contributed by atoms with Crippen LogP contribution in [0.3, 0.4) is 0 Å². The van der Waals surface area contributed by atoms with Crippen molar-refractivity contribution < 1.29 is 0 Å². The lowest BCUT2D eigenvalue weighted by molar-refractivity contribution is 0.131. The van der Waals surface area contributed by atoms with Gasteiger partial charge in [0.25, 0.3) is 0 Å². The molecule has 0 spiro atoms. The summed E-state index contributed by atoms with van der Waals surface area (Å²) >= 11 is 3.45. The van der Waals surface area contributed by atoms with Gasteiger partial charge >= 0.3 is 0 Å². The largest absolute Gasteiger partial charge is 0.330 e. The first-order valence-electron chi connectivity index (χ1n) is 5.69. The minimum atomic E-state index is 0.479. The van der Waals surface area contributed by atoms with Crippen LogP contribution < -0.4 is 5.73 Å². The Kier molecular flexibility index (Phi) is 3.47. The van der Waals surface area contributed by atoms with Crippen molar-refractivity contribution in [3.8, 4) is 0 Å². The average molecular weight is 268 g/mol. The molecule has 0 atom stereocenters. The van der Waals surface area contributed by atoms with Crippen LogP contribution in [0.5, 0.6) is 0 Å². The van der Waals surface area contributed by atoms with Crippen molar-refractivity contribution in [2.75, 3.05) is 6.54 Å². The van der Waals surface area contributed by atoms with E-state index in [1.54, 1.807) is 0 Å². The summed E-state index contributed by atoms with van der Waals surface area (Å²) in [5.74, 6) is 0. The van der Waals surface area contributed by atoms with Gasteiger partial charge in [-0.05, 0) is 55.3 Å². The van der Waals surface area contributed by atoms with Crippen LogP contribution in [0.15, 0.2) is 28.7 Å². The second kappa shape index (κ2) is 4.67. The SMILES string of the molecule is NCC1(CCc2ccc(Br)cc2)CCC1. The minimum absolute atomic E-state index is 0.479. The third kappa shape index (κ3) is 2.61. The van der Waals surface area contributed by atoms with Gasteiger partial charge in [-0.1, -0.05) is 34.5 Å². The van der Waals surface area contributed by atoms with Gasteiger partial charge in [0.05, 0.1) is 0 Å². The molecule has 2 rings (SSSR count). The molecule has 0 aliphatic heterocycles. The molecule has 1 aliphatic rings. The number of rotatable bonds is 4. The number of hydrogen-bond donors (Lipinski definition) is 1. The molecule has 0 bridgehead atoms. The molecule has 1 saturated carbocycles. The molecule has 1 aromatic rings. The van der Waals surface area contributed by atoms with Gasteiger partial charge in [-0.3, -0.25) is 0 Å². The van der Waals surface area contributed by atoms with Crippen molar-refractivity contribution in [1.82, 2.24) is 0 Å². The van der Waals surface area contributed by atoms with Crippen LogP contribution in [0, 0.1) is 5.41 Å². The van der Waals surface area contributed by atoms with Gasteiger partial charge in [0.15, 0.2) is 0 Å². The Labute approximate surface area is 100 Å². The van der Waals surface area contributed by atoms with E-state index in [9.17, 15) is 0 Å². The highest BCUT2D eigenvalue weighted by molar-refractivity contribution is 9.10. The molecular weight excluding hydrogens is 250 g/mol. The van der Waals surface area contributed by atoms with E-state index in [-0.39, 0.29) is 0 Å². The van der Waals surface area contributed by atoms with Crippen molar-refractivity contribution in [3.63, 3.8) is 0 Å². The number of hydrogen-bond acceptors (Lipinski definition) is 1. The zero-order valence-electron chi connectivity index (χ0n) is 9.01. The molecule has 0 aromatic heterocycles. The monoisotopic (exact) mass is 267 g/mol. The van der Waals surface area contributed by atoms with Gasteiger partial charge in [0.1, 0.15) is 0 Å². The molecule has 0 heterocycles. The van der Waals surface area contributed by atoms with E-state index in [1.165, 1.54) is 37.7 Å². The summed E-state index contributed by atoms with van der Waals surface area (Å²) in [6.07, 6.45) is 6.47. The Morgan fingerprint density at radius 2 is 1.87 bits per heavy atom. The number of aryl methyl sites for hydroxylation is 1. The second-order valence-electron chi connectivity index (χ2n) is 4.68. The standard InChI is InChI=1S/C13H18BrN/c14-12-4-2-11(3-5-12)6-9-13(10-15)7-1-8-13/h2-5H,1,6-10,15H2. The minimum Gasteiger partial charge on any atom is -0.330 e. The maximum atomic E-state index is 5.85. The maximum absolute atomic E-state index is 5.85. The Bertz CT molecular complexity index is 308. The van der Waals surface area contributed by atoms with Crippen LogP contribution in [0.1, 0.15) is 31.2 Å². The highest BCUT2D eigenvalue weighted by atomic mass is 79.9. The fourth-order valence-electron chi connectivity index (χ4n) is 2.29. The van der Waals surface area contributed by atoms with Gasteiger partial charge in [0.2, 0.25) is 0 Å². The summed E-state index contributed by atoms with van der Waals surface area (Å²) in [6, 6.07) is 8.64. The summed E-state index contributed by atoms with van der Waals surface area (Å²) in [4.78, 5) is 0. The summed E-state index contributed by atoms with van der Waals surface area (Å²) in [6.45, 7) is 0.865. The highest BCUT2D eigenvalue weighted by Crippen LogP contribution is 2.43. The van der Waals surface area contributed by atoms with Crippen LogP contribution >= 0.6 is 15.9 Å². The number of benzene rings is 1. The van der Waals surface area contributed by atoms with E-state index in [2.05, 4.69) is 40.2 Å². The van der Waals surface area contributed by atoms with E-state index >= 15 is 0 Å². The van der Waals surface area contributed by atoms with Crippen molar-refractivity contribution in [3.05, 3.63) is 34.3 Å². The molecule has 0 unspecified atom stereocenters. The van der Waals surface area contributed by atoms with Gasteiger partial charge in [-0.2, -0.15) is 0 Å². The molecule has 1 aliphatic carbocycles. The summed E-state index contributed by atoms with van der Waals surface area (Å²) in [7, 11) is 0. The van der Waals surface area contributed by atoms with Gasteiger partial charge in [-0.25, -0.2) is 0 Å². The quantitative estimate of drug-likeness (QED) is 0.888. The predicted molar refractivity (Wildman–Crippen MR) is 67.8 cm³/mol. The second-order valence-corrected chi connectivity index (χ2v) is 5.60. The van der Waals surface area contributed by atoms with E-state index in [4.69, 9.17) is 5.73 Å². The Morgan fingerprint density at radius 1 is 1.20 bits per heavy atom. The van der Waals surface area contributed by atoms with E-state index in [0.29, 0.717) is 5.41 Å². The Hall–Kier alpha value is -0.340. The first-order chi connectivity index (χ1) is 7.24. The molecule has 2 N–H and O–H groups in total. The fraction of sp³-hybridized carbons (Fsp3) is 0.538. The first-order valence-corrected chi connectivity index (χ1v) is 6.48. The maximum Gasteiger partial charge on any atom is 0.0175 e. The molecule has 0 amide bonds. The topological polar surface area (TPSA) is 26.0 Å². The van der Waals surface area contributed by atoms with Gasteiger partial charge in [-0.15, -0.1) is 0 Å². The summed E-state index contributed by atoms with van der Waals surface area (Å²) in [5.41, 5.74) is 7.76. The van der Waals surface area contributed by atoms with Crippen LogP contribution in [-0.4, -0.2) is 6.54 Å². The van der Waals surface area contributed by atoms with Crippen LogP contribution in [0.2, 0.25) is 0 Å². The zero-order valence-corrected chi connectivity index (χ0v) is 10.6. The molecular formula is C13H18BrN. The lowest BCUT2D eigenvalue weighted by atomic mass is 9.66. The summed E-state index contributed by atoms with van der Waals surface area (Å²) < 4.78 is 1.16. The van der Waals surface area contributed by atoms with E-state index < -0.39 is 0 Å². The molecule has 0 saturated heterocycles. The lowest BCUT2D eigenvalue weighted by Gasteiger charge is -2.41. The number of halogens is 1. The van der Waals surface area contributed by atoms with Crippen LogP contribution in [0.4, 0.5) is 0 Å². The third-order valence-electron chi connectivity index (χ3n) is 3.70. The fourth-order valence-corrected chi connectivity index (χ4v) is 2.56.